The maximum Gasteiger partial charge on any atom is 0.307 e. The number of aliphatic carboxylic acids is 1. The molecule has 2 atom stereocenters. The first-order valence-corrected chi connectivity index (χ1v) is 9.57. The van der Waals surface area contributed by atoms with E-state index >= 15 is 0 Å². The molecule has 2 nitrogen and oxygen atoms in total. The molecule has 138 valence electrons. The van der Waals surface area contributed by atoms with Crippen molar-refractivity contribution < 1.29 is 9.90 Å². The number of hydrogen-bond donors (Lipinski definition) is 1. The van der Waals surface area contributed by atoms with Gasteiger partial charge in [-0.2, -0.15) is 0 Å². The molecule has 0 aliphatic rings. The summed E-state index contributed by atoms with van der Waals surface area (Å²) in [7, 11) is 0. The number of carboxylic acids is 1. The molecule has 0 aliphatic heterocycles. The summed E-state index contributed by atoms with van der Waals surface area (Å²) < 4.78 is 0. The van der Waals surface area contributed by atoms with E-state index in [4.69, 9.17) is 11.6 Å². The summed E-state index contributed by atoms with van der Waals surface area (Å²) >= 11 is 6.04. The van der Waals surface area contributed by atoms with E-state index in [1.165, 1.54) is 5.56 Å². The summed E-state index contributed by atoms with van der Waals surface area (Å²) in [4.78, 5) is 12.2. The molecule has 3 rings (SSSR count). The van der Waals surface area contributed by atoms with Crippen molar-refractivity contribution >= 4 is 17.6 Å². The van der Waals surface area contributed by atoms with E-state index in [-0.39, 0.29) is 5.92 Å². The number of hydrogen-bond acceptors (Lipinski definition) is 1. The van der Waals surface area contributed by atoms with Gasteiger partial charge in [0.15, 0.2) is 0 Å². The molecule has 3 heteroatoms. The van der Waals surface area contributed by atoms with Gasteiger partial charge in [-0.05, 0) is 54.0 Å². The largest absolute Gasteiger partial charge is 0.481 e. The van der Waals surface area contributed by atoms with Crippen molar-refractivity contribution in [3.63, 3.8) is 0 Å². The van der Waals surface area contributed by atoms with Crippen LogP contribution in [0.25, 0.3) is 0 Å². The van der Waals surface area contributed by atoms with Gasteiger partial charge in [0.05, 0.1) is 5.92 Å². The minimum absolute atomic E-state index is 0.0832. The molecule has 0 heterocycles. The third-order valence-corrected chi connectivity index (χ3v) is 5.24. The molecule has 0 radical (unpaired) electrons. The minimum Gasteiger partial charge on any atom is -0.481 e. The second-order valence-electron chi connectivity index (χ2n) is 6.82. The van der Waals surface area contributed by atoms with Gasteiger partial charge in [-0.1, -0.05) is 84.4 Å². The van der Waals surface area contributed by atoms with Crippen LogP contribution in [-0.4, -0.2) is 11.1 Å². The van der Waals surface area contributed by atoms with Crippen molar-refractivity contribution in [1.82, 2.24) is 0 Å². The smallest absolute Gasteiger partial charge is 0.307 e. The van der Waals surface area contributed by atoms with Crippen LogP contribution in [0.4, 0.5) is 0 Å². The highest BCUT2D eigenvalue weighted by Crippen LogP contribution is 2.33. The molecule has 0 saturated heterocycles. The second-order valence-corrected chi connectivity index (χ2v) is 7.25. The van der Waals surface area contributed by atoms with Crippen LogP contribution >= 0.6 is 11.6 Å². The summed E-state index contributed by atoms with van der Waals surface area (Å²) in [5.74, 6) is -1.33. The van der Waals surface area contributed by atoms with Crippen LogP contribution in [0.15, 0.2) is 84.9 Å². The SMILES string of the molecule is O=C(O)C(Cc1ccccc1)C(CCc1ccccc1)c1ccc(Cl)cc1. The van der Waals surface area contributed by atoms with E-state index < -0.39 is 11.9 Å². The van der Waals surface area contributed by atoms with Crippen LogP contribution in [0, 0.1) is 5.92 Å². The zero-order valence-corrected chi connectivity index (χ0v) is 15.8. The third kappa shape index (κ3) is 5.45. The van der Waals surface area contributed by atoms with Crippen molar-refractivity contribution in [3.8, 4) is 0 Å². The summed E-state index contributed by atoms with van der Waals surface area (Å²) in [5, 5.41) is 10.7. The Labute approximate surface area is 165 Å². The van der Waals surface area contributed by atoms with Crippen LogP contribution in [0.5, 0.6) is 0 Å². The average Bonchev–Trinajstić information content (AvgIpc) is 2.70. The first-order valence-electron chi connectivity index (χ1n) is 9.19. The molecule has 3 aromatic carbocycles. The molecule has 0 bridgehead atoms. The number of carboxylic acid groups (broad SMARTS) is 1. The third-order valence-electron chi connectivity index (χ3n) is 4.99. The van der Waals surface area contributed by atoms with Crippen LogP contribution in [0.1, 0.15) is 29.0 Å². The first kappa shape index (κ1) is 19.2. The Hall–Kier alpha value is -2.58. The fourth-order valence-electron chi connectivity index (χ4n) is 3.55. The van der Waals surface area contributed by atoms with Gasteiger partial charge >= 0.3 is 5.97 Å². The summed E-state index contributed by atoms with van der Waals surface area (Å²) in [6, 6.07) is 27.7. The molecule has 1 N–H and O–H groups in total. The number of aryl methyl sites for hydroxylation is 1. The van der Waals surface area contributed by atoms with Crippen LogP contribution in [0.2, 0.25) is 5.02 Å². The Kier molecular flexibility index (Phi) is 6.67. The maximum absolute atomic E-state index is 12.2. The van der Waals surface area contributed by atoms with E-state index in [1.54, 1.807) is 0 Å². The number of rotatable bonds is 8. The standard InChI is InChI=1S/C24H23ClO2/c25-21-14-12-20(13-15-21)22(16-11-18-7-3-1-4-8-18)23(24(26)27)17-19-9-5-2-6-10-19/h1-10,12-15,22-23H,11,16-17H2,(H,26,27). The van der Waals surface area contributed by atoms with E-state index in [0.717, 1.165) is 24.0 Å². The van der Waals surface area contributed by atoms with E-state index in [0.29, 0.717) is 11.4 Å². The lowest BCUT2D eigenvalue weighted by Gasteiger charge is -2.25. The van der Waals surface area contributed by atoms with Crippen molar-refractivity contribution in [2.24, 2.45) is 5.92 Å². The zero-order chi connectivity index (χ0) is 19.1. The van der Waals surface area contributed by atoms with Gasteiger partial charge in [-0.25, -0.2) is 0 Å². The van der Waals surface area contributed by atoms with Crippen molar-refractivity contribution in [2.45, 2.75) is 25.2 Å². The predicted molar refractivity (Wildman–Crippen MR) is 110 cm³/mol. The molecule has 0 saturated carbocycles. The minimum atomic E-state index is -0.758. The van der Waals surface area contributed by atoms with E-state index in [2.05, 4.69) is 12.1 Å². The highest BCUT2D eigenvalue weighted by atomic mass is 35.5. The van der Waals surface area contributed by atoms with Crippen molar-refractivity contribution in [3.05, 3.63) is 107 Å². The Morgan fingerprint density at radius 1 is 0.815 bits per heavy atom. The molecule has 27 heavy (non-hydrogen) atoms. The Bertz CT molecular complexity index is 845. The molecule has 0 amide bonds. The second kappa shape index (κ2) is 9.38. The Morgan fingerprint density at radius 2 is 1.37 bits per heavy atom. The van der Waals surface area contributed by atoms with Gasteiger partial charge in [0, 0.05) is 5.02 Å². The number of carbonyl (C=O) groups is 1. The quantitative estimate of drug-likeness (QED) is 0.522. The summed E-state index contributed by atoms with van der Waals surface area (Å²) in [6.45, 7) is 0. The van der Waals surface area contributed by atoms with Gasteiger partial charge in [0.1, 0.15) is 0 Å². The molecule has 0 aromatic heterocycles. The van der Waals surface area contributed by atoms with Crippen molar-refractivity contribution in [1.29, 1.82) is 0 Å². The molecule has 0 aliphatic carbocycles. The van der Waals surface area contributed by atoms with Gasteiger partial charge < -0.3 is 5.11 Å². The molecular weight excluding hydrogens is 356 g/mol. The van der Waals surface area contributed by atoms with Crippen LogP contribution in [0.3, 0.4) is 0 Å². The van der Waals surface area contributed by atoms with E-state index in [1.807, 2.05) is 72.8 Å². The zero-order valence-electron chi connectivity index (χ0n) is 15.1. The van der Waals surface area contributed by atoms with Gasteiger partial charge in [-0.15, -0.1) is 0 Å². The monoisotopic (exact) mass is 378 g/mol. The molecular formula is C24H23ClO2. The molecule has 2 unspecified atom stereocenters. The highest BCUT2D eigenvalue weighted by molar-refractivity contribution is 6.30. The van der Waals surface area contributed by atoms with E-state index in [9.17, 15) is 9.90 Å². The van der Waals surface area contributed by atoms with Crippen LogP contribution < -0.4 is 0 Å². The van der Waals surface area contributed by atoms with Gasteiger partial charge in [-0.3, -0.25) is 4.79 Å². The average molecular weight is 379 g/mol. The fourth-order valence-corrected chi connectivity index (χ4v) is 3.67. The lowest BCUT2D eigenvalue weighted by atomic mass is 9.79. The number of benzene rings is 3. The van der Waals surface area contributed by atoms with Gasteiger partial charge in [0.2, 0.25) is 0 Å². The fraction of sp³-hybridized carbons (Fsp3) is 0.208. The summed E-state index contributed by atoms with van der Waals surface area (Å²) in [5.41, 5.74) is 3.29. The lowest BCUT2D eigenvalue weighted by molar-refractivity contribution is -0.142. The number of halogens is 1. The normalized spacial score (nSPS) is 13.1. The molecule has 0 fully saturated rings. The first-order chi connectivity index (χ1) is 13.1. The topological polar surface area (TPSA) is 37.3 Å². The van der Waals surface area contributed by atoms with Crippen LogP contribution in [-0.2, 0) is 17.6 Å². The molecule has 3 aromatic rings. The summed E-state index contributed by atoms with van der Waals surface area (Å²) in [6.07, 6.45) is 2.13. The lowest BCUT2D eigenvalue weighted by Crippen LogP contribution is -2.25. The highest BCUT2D eigenvalue weighted by Gasteiger charge is 2.29. The Morgan fingerprint density at radius 3 is 1.93 bits per heavy atom. The predicted octanol–water partition coefficient (Wildman–Crippen LogP) is 6.00. The maximum atomic E-state index is 12.2. The molecule has 0 spiro atoms. The Balaban J connectivity index is 1.87. The van der Waals surface area contributed by atoms with Gasteiger partial charge in [0.25, 0.3) is 0 Å². The van der Waals surface area contributed by atoms with Crippen molar-refractivity contribution in [2.75, 3.05) is 0 Å².